The first-order valence-electron chi connectivity index (χ1n) is 6.34. The van der Waals surface area contributed by atoms with Crippen molar-refractivity contribution in [3.05, 3.63) is 42.4 Å². The lowest BCUT2D eigenvalue weighted by Crippen LogP contribution is -2.04. The molecule has 0 unspecified atom stereocenters. The van der Waals surface area contributed by atoms with E-state index in [9.17, 15) is 0 Å². The van der Waals surface area contributed by atoms with Crippen molar-refractivity contribution in [2.45, 2.75) is 19.8 Å². The molecule has 5 nitrogen and oxygen atoms in total. The van der Waals surface area contributed by atoms with Crippen molar-refractivity contribution in [2.24, 2.45) is 0 Å². The van der Waals surface area contributed by atoms with Crippen LogP contribution in [-0.2, 0) is 6.42 Å². The molecule has 0 fully saturated rings. The SMILES string of the molecule is CCCc1c(N)nnn1-c1cccc2cnccc12. The number of nitrogen functional groups attached to an aromatic ring is 1. The highest BCUT2D eigenvalue weighted by molar-refractivity contribution is 5.89. The number of pyridine rings is 1. The van der Waals surface area contributed by atoms with Crippen LogP contribution in [0.1, 0.15) is 19.0 Å². The number of benzene rings is 1. The monoisotopic (exact) mass is 253 g/mol. The Balaban J connectivity index is 2.25. The normalized spacial score (nSPS) is 11.0. The van der Waals surface area contributed by atoms with Gasteiger partial charge in [0.15, 0.2) is 5.82 Å². The molecule has 1 aromatic carbocycles. The molecule has 96 valence electrons. The molecule has 2 N–H and O–H groups in total. The fraction of sp³-hybridized carbons (Fsp3) is 0.214. The van der Waals surface area contributed by atoms with Crippen LogP contribution in [0.2, 0.25) is 0 Å². The van der Waals surface area contributed by atoms with E-state index in [4.69, 9.17) is 5.73 Å². The number of aromatic nitrogens is 4. The van der Waals surface area contributed by atoms with E-state index < -0.39 is 0 Å². The summed E-state index contributed by atoms with van der Waals surface area (Å²) in [5.41, 5.74) is 7.86. The number of hydrogen-bond donors (Lipinski definition) is 1. The van der Waals surface area contributed by atoms with Gasteiger partial charge >= 0.3 is 0 Å². The lowest BCUT2D eigenvalue weighted by molar-refractivity contribution is 0.749. The Morgan fingerprint density at radius 2 is 2.16 bits per heavy atom. The molecule has 19 heavy (non-hydrogen) atoms. The molecule has 2 aromatic heterocycles. The van der Waals surface area contributed by atoms with Gasteiger partial charge in [-0.3, -0.25) is 4.98 Å². The second kappa shape index (κ2) is 4.68. The molecule has 3 aromatic rings. The van der Waals surface area contributed by atoms with E-state index in [1.54, 1.807) is 6.20 Å². The van der Waals surface area contributed by atoms with E-state index in [0.717, 1.165) is 35.0 Å². The van der Waals surface area contributed by atoms with E-state index in [1.165, 1.54) is 0 Å². The van der Waals surface area contributed by atoms with E-state index in [1.807, 2.05) is 35.1 Å². The molecule has 0 atom stereocenters. The second-order valence-electron chi connectivity index (χ2n) is 4.46. The van der Waals surface area contributed by atoms with Gasteiger partial charge in [-0.25, -0.2) is 4.68 Å². The van der Waals surface area contributed by atoms with Crippen LogP contribution in [0.4, 0.5) is 5.82 Å². The van der Waals surface area contributed by atoms with E-state index >= 15 is 0 Å². The highest BCUT2D eigenvalue weighted by Crippen LogP contribution is 2.23. The molecule has 0 aliphatic carbocycles. The van der Waals surface area contributed by atoms with Crippen molar-refractivity contribution >= 4 is 16.6 Å². The summed E-state index contributed by atoms with van der Waals surface area (Å²) >= 11 is 0. The minimum absolute atomic E-state index is 0.507. The van der Waals surface area contributed by atoms with Crippen molar-refractivity contribution in [1.29, 1.82) is 0 Å². The van der Waals surface area contributed by atoms with Gasteiger partial charge in [0, 0.05) is 23.2 Å². The number of fused-ring (bicyclic) bond motifs is 1. The molecule has 0 saturated heterocycles. The number of rotatable bonds is 3. The highest BCUT2D eigenvalue weighted by Gasteiger charge is 2.12. The van der Waals surface area contributed by atoms with Crippen LogP contribution in [0.25, 0.3) is 16.5 Å². The zero-order chi connectivity index (χ0) is 13.2. The average molecular weight is 253 g/mol. The summed E-state index contributed by atoms with van der Waals surface area (Å²) < 4.78 is 1.83. The lowest BCUT2D eigenvalue weighted by Gasteiger charge is -2.09. The lowest BCUT2D eigenvalue weighted by atomic mass is 10.1. The molecule has 0 aliphatic heterocycles. The van der Waals surface area contributed by atoms with Crippen LogP contribution in [-0.4, -0.2) is 20.0 Å². The van der Waals surface area contributed by atoms with Gasteiger partial charge in [0.2, 0.25) is 0 Å². The third-order valence-corrected chi connectivity index (χ3v) is 3.17. The predicted molar refractivity (Wildman–Crippen MR) is 75.1 cm³/mol. The molecule has 0 bridgehead atoms. The molecule has 0 spiro atoms. The Kier molecular flexibility index (Phi) is 2.87. The summed E-state index contributed by atoms with van der Waals surface area (Å²) in [6.07, 6.45) is 5.49. The van der Waals surface area contributed by atoms with Gasteiger partial charge in [0.25, 0.3) is 0 Å². The smallest absolute Gasteiger partial charge is 0.169 e. The summed E-state index contributed by atoms with van der Waals surface area (Å²) in [6, 6.07) is 8.03. The molecule has 0 radical (unpaired) electrons. The summed E-state index contributed by atoms with van der Waals surface area (Å²) in [6.45, 7) is 2.11. The maximum atomic E-state index is 5.90. The summed E-state index contributed by atoms with van der Waals surface area (Å²) in [5, 5.41) is 10.3. The van der Waals surface area contributed by atoms with Crippen molar-refractivity contribution in [1.82, 2.24) is 20.0 Å². The number of nitrogens with two attached hydrogens (primary N) is 1. The van der Waals surface area contributed by atoms with Gasteiger partial charge in [0.1, 0.15) is 0 Å². The molecular weight excluding hydrogens is 238 g/mol. The third kappa shape index (κ3) is 1.93. The topological polar surface area (TPSA) is 69.6 Å². The number of hydrogen-bond acceptors (Lipinski definition) is 4. The van der Waals surface area contributed by atoms with E-state index in [0.29, 0.717) is 5.82 Å². The van der Waals surface area contributed by atoms with Crippen LogP contribution in [0.15, 0.2) is 36.7 Å². The largest absolute Gasteiger partial charge is 0.381 e. The van der Waals surface area contributed by atoms with Gasteiger partial charge in [-0.1, -0.05) is 30.7 Å². The molecule has 0 saturated carbocycles. The third-order valence-electron chi connectivity index (χ3n) is 3.17. The highest BCUT2D eigenvalue weighted by atomic mass is 15.4. The van der Waals surface area contributed by atoms with Gasteiger partial charge < -0.3 is 5.73 Å². The van der Waals surface area contributed by atoms with Crippen LogP contribution in [0, 0.1) is 0 Å². The molecule has 0 aliphatic rings. The van der Waals surface area contributed by atoms with E-state index in [-0.39, 0.29) is 0 Å². The first kappa shape index (κ1) is 11.6. The first-order valence-corrected chi connectivity index (χ1v) is 6.34. The quantitative estimate of drug-likeness (QED) is 0.777. The Labute approximate surface area is 111 Å². The van der Waals surface area contributed by atoms with Crippen LogP contribution < -0.4 is 5.73 Å². The first-order chi connectivity index (χ1) is 9.31. The Bertz CT molecular complexity index is 711. The van der Waals surface area contributed by atoms with Gasteiger partial charge in [0.05, 0.1) is 11.4 Å². The van der Waals surface area contributed by atoms with Crippen molar-refractivity contribution in [3.8, 4) is 5.69 Å². The molecule has 0 amide bonds. The predicted octanol–water partition coefficient (Wildman–Crippen LogP) is 2.35. The number of nitrogens with zero attached hydrogens (tertiary/aromatic N) is 4. The Hall–Kier alpha value is -2.43. The maximum absolute atomic E-state index is 5.90. The zero-order valence-corrected chi connectivity index (χ0v) is 10.7. The van der Waals surface area contributed by atoms with Crippen LogP contribution >= 0.6 is 0 Å². The Morgan fingerprint density at radius 1 is 1.26 bits per heavy atom. The molecule has 3 rings (SSSR count). The zero-order valence-electron chi connectivity index (χ0n) is 10.7. The van der Waals surface area contributed by atoms with Gasteiger partial charge in [-0.15, -0.1) is 5.10 Å². The minimum atomic E-state index is 0.507. The summed E-state index contributed by atoms with van der Waals surface area (Å²) in [5.74, 6) is 0.507. The maximum Gasteiger partial charge on any atom is 0.169 e. The van der Waals surface area contributed by atoms with E-state index in [2.05, 4.69) is 22.2 Å². The van der Waals surface area contributed by atoms with Gasteiger partial charge in [-0.05, 0) is 18.6 Å². The van der Waals surface area contributed by atoms with Crippen LogP contribution in [0.3, 0.4) is 0 Å². The van der Waals surface area contributed by atoms with Crippen molar-refractivity contribution in [3.63, 3.8) is 0 Å². The summed E-state index contributed by atoms with van der Waals surface area (Å²) in [4.78, 5) is 4.14. The fourth-order valence-corrected chi connectivity index (χ4v) is 2.27. The Morgan fingerprint density at radius 3 is 3.00 bits per heavy atom. The van der Waals surface area contributed by atoms with Crippen molar-refractivity contribution < 1.29 is 0 Å². The molecule has 5 heteroatoms. The summed E-state index contributed by atoms with van der Waals surface area (Å²) in [7, 11) is 0. The van der Waals surface area contributed by atoms with Gasteiger partial charge in [-0.2, -0.15) is 0 Å². The second-order valence-corrected chi connectivity index (χ2v) is 4.46. The fourth-order valence-electron chi connectivity index (χ4n) is 2.27. The number of anilines is 1. The average Bonchev–Trinajstić information content (AvgIpc) is 2.80. The standard InChI is InChI=1S/C14H15N5/c1-2-4-13-14(15)17-18-19(13)12-6-3-5-10-9-16-8-7-11(10)12/h3,5-9H,2,4,15H2,1H3. The van der Waals surface area contributed by atoms with Crippen molar-refractivity contribution in [2.75, 3.05) is 5.73 Å². The van der Waals surface area contributed by atoms with Crippen LogP contribution in [0.5, 0.6) is 0 Å². The minimum Gasteiger partial charge on any atom is -0.381 e. The molecular formula is C14H15N5. The molecule has 2 heterocycles.